The molecular formula is C90H91BN4. The zero-order valence-corrected chi connectivity index (χ0v) is 58.0. The minimum absolute atomic E-state index is 0.0251. The number of hydrogen-bond donors (Lipinski definition) is 1. The van der Waals surface area contributed by atoms with Gasteiger partial charge in [-0.2, -0.15) is 0 Å². The van der Waals surface area contributed by atoms with Crippen LogP contribution in [0.1, 0.15) is 180 Å². The lowest BCUT2D eigenvalue weighted by Crippen LogP contribution is -2.60. The summed E-state index contributed by atoms with van der Waals surface area (Å²) in [5, 5.41) is 3.77. The van der Waals surface area contributed by atoms with Gasteiger partial charge in [-0.15, -0.1) is 0 Å². The molecular weight excluding hydrogens is 1150 g/mol. The molecule has 1 N–H and O–H groups in total. The minimum Gasteiger partial charge on any atom is -0.356 e. The smallest absolute Gasteiger partial charge is 0.252 e. The Kier molecular flexibility index (Phi) is 10.4. The molecule has 2 aromatic heterocycles. The van der Waals surface area contributed by atoms with Crippen LogP contribution in [0.15, 0.2) is 218 Å². The number of benzene rings is 11. The van der Waals surface area contributed by atoms with Crippen molar-refractivity contribution in [2.45, 2.75) is 157 Å². The number of para-hydroxylation sites is 4. The van der Waals surface area contributed by atoms with Crippen LogP contribution in [0, 0.1) is 0 Å². The Hall–Kier alpha value is -9.32. The zero-order chi connectivity index (χ0) is 80.7. The fraction of sp³-hybridized carbons (Fsp3) is 0.267. The quantitative estimate of drug-likeness (QED) is 0.168. The normalized spacial score (nSPS) is 16.0. The largest absolute Gasteiger partial charge is 0.356 e. The van der Waals surface area contributed by atoms with Gasteiger partial charge in [0, 0.05) is 66.8 Å². The van der Waals surface area contributed by atoms with Gasteiger partial charge >= 0.3 is 0 Å². The number of hydrogen-bond acceptors (Lipinski definition) is 2. The summed E-state index contributed by atoms with van der Waals surface area (Å²) >= 11 is 0. The average Bonchev–Trinajstić information content (AvgIpc) is 1.68. The summed E-state index contributed by atoms with van der Waals surface area (Å²) in [6.07, 6.45) is 0. The van der Waals surface area contributed by atoms with E-state index < -0.39 is 109 Å². The van der Waals surface area contributed by atoms with Crippen molar-refractivity contribution in [3.63, 3.8) is 0 Å². The van der Waals surface area contributed by atoms with Gasteiger partial charge in [0.15, 0.2) is 0 Å². The molecule has 0 fully saturated rings. The number of nitrogens with one attached hydrogen (secondary N) is 1. The first kappa shape index (κ1) is 45.9. The van der Waals surface area contributed by atoms with Crippen LogP contribution >= 0.6 is 0 Å². The maximum Gasteiger partial charge on any atom is 0.252 e. The highest BCUT2D eigenvalue weighted by Gasteiger charge is 2.44. The number of anilines is 5. The van der Waals surface area contributed by atoms with Gasteiger partial charge < -0.3 is 19.4 Å². The summed E-state index contributed by atoms with van der Waals surface area (Å²) in [4.78, 5) is 2.36. The second-order valence-electron chi connectivity index (χ2n) is 32.5. The van der Waals surface area contributed by atoms with Crippen LogP contribution in [0.5, 0.6) is 0 Å². The Morgan fingerprint density at radius 3 is 1.14 bits per heavy atom. The third-order valence-corrected chi connectivity index (χ3v) is 19.7. The summed E-state index contributed by atoms with van der Waals surface area (Å²) in [7, 11) is 0. The van der Waals surface area contributed by atoms with Crippen LogP contribution in [-0.2, 0) is 32.5 Å². The van der Waals surface area contributed by atoms with E-state index in [2.05, 4.69) is 220 Å². The monoisotopic (exact) mass is 1250 g/mol. The first-order chi connectivity index (χ1) is 51.5. The predicted molar refractivity (Wildman–Crippen MR) is 413 cm³/mol. The Balaban J connectivity index is 1.16. The van der Waals surface area contributed by atoms with E-state index in [0.717, 1.165) is 94.5 Å². The molecule has 0 bridgehead atoms. The lowest BCUT2D eigenvalue weighted by molar-refractivity contribution is 0.568. The summed E-state index contributed by atoms with van der Waals surface area (Å²) in [5.74, 6) is 0. The molecule has 0 unspecified atom stereocenters. The maximum absolute atomic E-state index is 9.86. The summed E-state index contributed by atoms with van der Waals surface area (Å²) < 4.78 is 152. The molecule has 95 heavy (non-hydrogen) atoms. The Morgan fingerprint density at radius 2 is 0.695 bits per heavy atom. The van der Waals surface area contributed by atoms with Gasteiger partial charge in [-0.25, -0.2) is 0 Å². The van der Waals surface area contributed by atoms with Crippen LogP contribution in [0.4, 0.5) is 28.4 Å². The molecule has 0 saturated carbocycles. The van der Waals surface area contributed by atoms with Gasteiger partial charge in [-0.3, -0.25) is 0 Å². The molecule has 0 aliphatic carbocycles. The molecule has 13 aromatic rings. The molecule has 2 aliphatic heterocycles. The maximum atomic E-state index is 9.86. The second kappa shape index (κ2) is 21.6. The zero-order valence-electron chi connectivity index (χ0n) is 74.0. The van der Waals surface area contributed by atoms with Gasteiger partial charge in [-0.1, -0.05) is 270 Å². The van der Waals surface area contributed by atoms with Crippen molar-refractivity contribution in [3.8, 4) is 44.8 Å². The molecule has 4 heterocycles. The first-order valence-electron chi connectivity index (χ1n) is 41.2. The highest BCUT2D eigenvalue weighted by Crippen LogP contribution is 2.53. The number of fused-ring (bicyclic) bond motifs is 10. The van der Waals surface area contributed by atoms with Gasteiger partial charge in [0.05, 0.1) is 49.7 Å². The number of nitrogens with zero attached hydrogens (tertiary/aromatic N) is 3. The SMILES string of the molecule is [2H]c1c([2H])c([2H])c2c(c1[2H])c1c([2H])c([2H])c([2H])c([2H])c1n2-c1ccc2c(c1)Nc1cc(-c3cc(C(C)(C)C)cc(C(C)(C)C)c3)cc3c1B2c1ccc(-n2c4c([2H])c([2H])c([2H])c([2H])c4c4c([2H])c([2H])c([2H])c([2H])c42)cc1N3c1c(-c2ccc(C(C)(C)C)cc2)cc(C(C)(C)C)cc1-c1cc(C(C)(C)C)cc(C(C)(C)C)c1. The number of rotatable bonds is 6. The summed E-state index contributed by atoms with van der Waals surface area (Å²) in [6.45, 7) is 39.3. The second-order valence-corrected chi connectivity index (χ2v) is 32.5. The fourth-order valence-electron chi connectivity index (χ4n) is 14.1. The van der Waals surface area contributed by atoms with Crippen molar-refractivity contribution in [3.05, 3.63) is 251 Å². The van der Waals surface area contributed by atoms with Crippen LogP contribution < -0.4 is 26.6 Å². The molecule has 4 nitrogen and oxygen atoms in total. The highest BCUT2D eigenvalue weighted by molar-refractivity contribution is 7.00. The average molecular weight is 1260 g/mol. The molecule has 0 amide bonds. The van der Waals surface area contributed by atoms with Gasteiger partial charge in [0.2, 0.25) is 0 Å². The van der Waals surface area contributed by atoms with Crippen molar-refractivity contribution in [1.29, 1.82) is 0 Å². The van der Waals surface area contributed by atoms with Crippen LogP contribution in [-0.4, -0.2) is 15.8 Å². The molecule has 0 spiro atoms. The summed E-state index contributed by atoms with van der Waals surface area (Å²) in [6, 6.07) is 35.4. The number of aromatic nitrogens is 2. The van der Waals surface area contributed by atoms with E-state index in [1.54, 1.807) is 4.57 Å². The van der Waals surface area contributed by atoms with Gasteiger partial charge in [-0.05, 0) is 177 Å². The minimum atomic E-state index is -0.676. The van der Waals surface area contributed by atoms with E-state index in [9.17, 15) is 13.7 Å². The van der Waals surface area contributed by atoms with Crippen LogP contribution in [0.3, 0.4) is 0 Å². The molecule has 2 aliphatic rings. The first-order valence-corrected chi connectivity index (χ1v) is 33.2. The molecule has 474 valence electrons. The van der Waals surface area contributed by atoms with Crippen molar-refractivity contribution in [1.82, 2.24) is 9.13 Å². The fourth-order valence-corrected chi connectivity index (χ4v) is 14.1. The van der Waals surface area contributed by atoms with E-state index in [-0.39, 0.29) is 70.7 Å². The van der Waals surface area contributed by atoms with E-state index >= 15 is 0 Å². The van der Waals surface area contributed by atoms with Crippen molar-refractivity contribution in [2.75, 3.05) is 10.2 Å². The van der Waals surface area contributed by atoms with Crippen LogP contribution in [0.25, 0.3) is 88.4 Å². The Morgan fingerprint density at radius 1 is 0.316 bits per heavy atom. The van der Waals surface area contributed by atoms with Crippen molar-refractivity contribution < 1.29 is 21.9 Å². The Bertz CT molecular complexity index is 6040. The Labute approximate surface area is 587 Å². The molecule has 0 saturated heterocycles. The lowest BCUT2D eigenvalue weighted by atomic mass is 9.33. The van der Waals surface area contributed by atoms with Gasteiger partial charge in [0.1, 0.15) is 0 Å². The summed E-state index contributed by atoms with van der Waals surface area (Å²) in [5.41, 5.74) is 16.7. The van der Waals surface area contributed by atoms with E-state index in [1.165, 1.54) is 4.57 Å². The molecule has 11 aromatic carbocycles. The van der Waals surface area contributed by atoms with Crippen molar-refractivity contribution in [2.24, 2.45) is 0 Å². The molecule has 5 heteroatoms. The van der Waals surface area contributed by atoms with Crippen LogP contribution in [0.2, 0.25) is 0 Å². The van der Waals surface area contributed by atoms with E-state index in [0.29, 0.717) is 28.4 Å². The topological polar surface area (TPSA) is 25.1 Å². The van der Waals surface area contributed by atoms with E-state index in [1.807, 2.05) is 36.4 Å². The third-order valence-electron chi connectivity index (χ3n) is 19.7. The van der Waals surface area contributed by atoms with E-state index in [4.69, 9.17) is 8.22 Å². The molecule has 0 radical (unpaired) electrons. The molecule has 15 rings (SSSR count). The predicted octanol–water partition coefficient (Wildman–Crippen LogP) is 23.0. The standard InChI is InChI=1S/C90H91BN4/c1-85(2,3)59-37-35-55(36-38-59)71-51-64(90(16,17)18)52-72(58-45-62(88(10,11)12)50-63(46-58)89(13,14)15)84(71)95-81-54-66(94-79-33-25-21-29-69(79)70-30-22-26-34-80(70)94)40-42-74(81)91-73-41-39-65(93-77-31-23-19-27-67(77)68-28-20-24-32-78(68)93)53-75(73)92-76-47-57(48-82(95)83(76)91)56-43-60(86(4,5)6)49-61(44-56)87(7,8)9/h19-54,92H,1-18H3/i19D,20D,21D,22D,23D,24D,25D,26D,27D,28D,29D,30D,31D,32D,33D,34D. The van der Waals surface area contributed by atoms with Crippen molar-refractivity contribution >= 4 is 95.1 Å². The highest BCUT2D eigenvalue weighted by atomic mass is 15.2. The molecule has 0 atom stereocenters. The van der Waals surface area contributed by atoms with Gasteiger partial charge in [0.25, 0.3) is 6.71 Å². The third kappa shape index (κ3) is 10.5. The lowest BCUT2D eigenvalue weighted by Gasteiger charge is -2.43.